The van der Waals surface area contributed by atoms with Crippen LogP contribution in [0, 0.1) is 11.3 Å². The molecule has 2 rings (SSSR count). The van der Waals surface area contributed by atoms with Crippen molar-refractivity contribution in [2.75, 3.05) is 13.1 Å². The number of hydrogen-bond acceptors (Lipinski definition) is 2. The van der Waals surface area contributed by atoms with Crippen LogP contribution in [0.4, 0.5) is 13.6 Å². The molecule has 1 aromatic rings. The normalized spacial score (nSPS) is 17.8. The van der Waals surface area contributed by atoms with Gasteiger partial charge in [-0.05, 0) is 30.6 Å². The highest BCUT2D eigenvalue weighted by atomic mass is 19.3. The third kappa shape index (κ3) is 4.65. The topological polar surface area (TPSA) is 50.2 Å². The van der Waals surface area contributed by atoms with E-state index < -0.39 is 6.55 Å². The van der Waals surface area contributed by atoms with E-state index in [2.05, 4.69) is 31.1 Å². The summed E-state index contributed by atoms with van der Waals surface area (Å²) < 4.78 is 26.2. The Balaban J connectivity index is 1.82. The molecule has 0 atom stereocenters. The Morgan fingerprint density at radius 3 is 2.61 bits per heavy atom. The zero-order valence-electron chi connectivity index (χ0n) is 14.1. The molecule has 1 N–H and O–H groups in total. The highest BCUT2D eigenvalue weighted by molar-refractivity contribution is 5.74. The van der Waals surface area contributed by atoms with Gasteiger partial charge >= 0.3 is 12.6 Å². The summed E-state index contributed by atoms with van der Waals surface area (Å²) >= 11 is 0. The third-order valence-corrected chi connectivity index (χ3v) is 4.52. The Morgan fingerprint density at radius 1 is 1.39 bits per heavy atom. The summed E-state index contributed by atoms with van der Waals surface area (Å²) in [6.07, 6.45) is 5.64. The molecule has 1 aliphatic heterocycles. The average Bonchev–Trinajstić information content (AvgIpc) is 2.93. The molecule has 2 heterocycles. The molecule has 23 heavy (non-hydrogen) atoms. The number of imidazole rings is 1. The van der Waals surface area contributed by atoms with E-state index in [9.17, 15) is 13.6 Å². The molecular formula is C16H26F2N4O. The van der Waals surface area contributed by atoms with E-state index in [1.165, 1.54) is 12.4 Å². The van der Waals surface area contributed by atoms with Crippen LogP contribution in [-0.2, 0) is 6.54 Å². The van der Waals surface area contributed by atoms with Crippen LogP contribution in [0.5, 0.6) is 0 Å². The van der Waals surface area contributed by atoms with E-state index in [1.807, 2.05) is 0 Å². The maximum Gasteiger partial charge on any atom is 0.319 e. The van der Waals surface area contributed by atoms with Crippen molar-refractivity contribution in [3.05, 3.63) is 18.2 Å². The summed E-state index contributed by atoms with van der Waals surface area (Å²) in [5.74, 6) is 0.809. The smallest absolute Gasteiger partial charge is 0.319 e. The largest absolute Gasteiger partial charge is 0.331 e. The minimum atomic E-state index is -2.64. The molecule has 7 heteroatoms. The van der Waals surface area contributed by atoms with Crippen LogP contribution in [-0.4, -0.2) is 33.6 Å². The van der Waals surface area contributed by atoms with Crippen LogP contribution in [0.25, 0.3) is 0 Å². The van der Waals surface area contributed by atoms with Crippen molar-refractivity contribution in [2.24, 2.45) is 11.3 Å². The first-order valence-electron chi connectivity index (χ1n) is 8.13. The van der Waals surface area contributed by atoms with Gasteiger partial charge < -0.3 is 10.2 Å². The van der Waals surface area contributed by atoms with Gasteiger partial charge in [0.15, 0.2) is 0 Å². The van der Waals surface area contributed by atoms with Gasteiger partial charge in [0.05, 0.1) is 6.54 Å². The van der Waals surface area contributed by atoms with Crippen molar-refractivity contribution in [1.29, 1.82) is 0 Å². The number of piperidine rings is 1. The number of hydrogen-bond donors (Lipinski definition) is 1. The second kappa shape index (κ2) is 7.27. The first kappa shape index (κ1) is 17.7. The number of amides is 2. The standard InChI is InChI=1S/C16H26F2N4O/c1-12(2)10-16(3)4-7-21(8-5-16)15(23)20-11-13-19-6-9-22(13)14(17)18/h6,9,12,14H,4-5,7-8,10-11H2,1-3H3,(H,20,23). The average molecular weight is 328 g/mol. The summed E-state index contributed by atoms with van der Waals surface area (Å²) in [7, 11) is 0. The minimum Gasteiger partial charge on any atom is -0.331 e. The molecule has 0 radical (unpaired) electrons. The Kier molecular flexibility index (Phi) is 5.59. The maximum atomic E-state index is 12.7. The van der Waals surface area contributed by atoms with Crippen molar-refractivity contribution in [3.63, 3.8) is 0 Å². The number of nitrogens with one attached hydrogen (secondary N) is 1. The number of carbonyl (C=O) groups excluding carboxylic acids is 1. The molecule has 0 saturated carbocycles. The maximum absolute atomic E-state index is 12.7. The van der Waals surface area contributed by atoms with Crippen molar-refractivity contribution >= 4 is 6.03 Å². The highest BCUT2D eigenvalue weighted by Crippen LogP contribution is 2.36. The lowest BCUT2D eigenvalue weighted by atomic mass is 9.74. The Hall–Kier alpha value is -1.66. The fraction of sp³-hybridized carbons (Fsp3) is 0.750. The van der Waals surface area contributed by atoms with Gasteiger partial charge in [0, 0.05) is 25.5 Å². The quantitative estimate of drug-likeness (QED) is 0.897. The Bertz CT molecular complexity index is 522. The number of carbonyl (C=O) groups is 1. The number of rotatable bonds is 5. The molecule has 0 aliphatic carbocycles. The van der Waals surface area contributed by atoms with Crippen molar-refractivity contribution < 1.29 is 13.6 Å². The number of nitrogens with zero attached hydrogens (tertiary/aromatic N) is 3. The molecular weight excluding hydrogens is 302 g/mol. The monoisotopic (exact) mass is 328 g/mol. The van der Waals surface area contributed by atoms with E-state index in [0.717, 1.165) is 23.8 Å². The summed E-state index contributed by atoms with van der Waals surface area (Å²) in [4.78, 5) is 17.8. The fourth-order valence-corrected chi connectivity index (χ4v) is 3.36. The highest BCUT2D eigenvalue weighted by Gasteiger charge is 2.32. The second-order valence-corrected chi connectivity index (χ2v) is 7.08. The van der Waals surface area contributed by atoms with E-state index in [1.54, 1.807) is 4.90 Å². The molecule has 1 fully saturated rings. The first-order valence-corrected chi connectivity index (χ1v) is 8.13. The van der Waals surface area contributed by atoms with Gasteiger partial charge in [-0.25, -0.2) is 9.78 Å². The second-order valence-electron chi connectivity index (χ2n) is 7.08. The molecule has 0 aromatic carbocycles. The van der Waals surface area contributed by atoms with Gasteiger partial charge in [0.2, 0.25) is 0 Å². The van der Waals surface area contributed by atoms with Crippen molar-refractivity contribution in [3.8, 4) is 0 Å². The van der Waals surface area contributed by atoms with Crippen LogP contribution in [0.3, 0.4) is 0 Å². The van der Waals surface area contributed by atoms with Gasteiger partial charge in [-0.15, -0.1) is 0 Å². The molecule has 1 saturated heterocycles. The Morgan fingerprint density at radius 2 is 2.04 bits per heavy atom. The molecule has 0 unspecified atom stereocenters. The minimum absolute atomic E-state index is 0.00986. The van der Waals surface area contributed by atoms with Crippen molar-refractivity contribution in [2.45, 2.75) is 53.1 Å². The molecule has 5 nitrogen and oxygen atoms in total. The molecule has 2 amide bonds. The van der Waals surface area contributed by atoms with E-state index in [4.69, 9.17) is 0 Å². The van der Waals surface area contributed by atoms with E-state index >= 15 is 0 Å². The fourth-order valence-electron chi connectivity index (χ4n) is 3.36. The lowest BCUT2D eigenvalue weighted by Crippen LogP contribution is -2.47. The van der Waals surface area contributed by atoms with Crippen LogP contribution in [0.2, 0.25) is 0 Å². The van der Waals surface area contributed by atoms with Crippen molar-refractivity contribution in [1.82, 2.24) is 19.8 Å². The van der Waals surface area contributed by atoms with E-state index in [-0.39, 0.29) is 23.8 Å². The Labute approximate surface area is 136 Å². The van der Waals surface area contributed by atoms with Gasteiger partial charge in [-0.1, -0.05) is 20.8 Å². The first-order chi connectivity index (χ1) is 10.8. The number of urea groups is 1. The SMILES string of the molecule is CC(C)CC1(C)CCN(C(=O)NCc2nccn2C(F)F)CC1. The lowest BCUT2D eigenvalue weighted by molar-refractivity contribution is 0.0663. The number of aromatic nitrogens is 2. The summed E-state index contributed by atoms with van der Waals surface area (Å²) in [6.45, 7) is 5.50. The van der Waals surface area contributed by atoms with Gasteiger partial charge in [-0.2, -0.15) is 8.78 Å². The van der Waals surface area contributed by atoms with Crippen LogP contribution in [0.15, 0.2) is 12.4 Å². The molecule has 0 bridgehead atoms. The predicted octanol–water partition coefficient (Wildman–Crippen LogP) is 3.64. The van der Waals surface area contributed by atoms with Gasteiger partial charge in [-0.3, -0.25) is 4.57 Å². The lowest BCUT2D eigenvalue weighted by Gasteiger charge is -2.40. The van der Waals surface area contributed by atoms with Crippen LogP contribution in [0.1, 0.15) is 52.4 Å². The van der Waals surface area contributed by atoms with Crippen LogP contribution < -0.4 is 5.32 Å². The molecule has 130 valence electrons. The molecule has 1 aromatic heterocycles. The zero-order chi connectivity index (χ0) is 17.0. The molecule has 1 aliphatic rings. The summed E-state index contributed by atoms with van der Waals surface area (Å²) in [5.41, 5.74) is 0.289. The number of alkyl halides is 2. The molecule has 0 spiro atoms. The summed E-state index contributed by atoms with van der Waals surface area (Å²) in [6, 6.07) is -0.208. The number of likely N-dealkylation sites (tertiary alicyclic amines) is 1. The van der Waals surface area contributed by atoms with E-state index in [0.29, 0.717) is 19.0 Å². The zero-order valence-corrected chi connectivity index (χ0v) is 14.1. The van der Waals surface area contributed by atoms with Gasteiger partial charge in [0.1, 0.15) is 5.82 Å². The van der Waals surface area contributed by atoms with Crippen LogP contribution >= 0.6 is 0 Å². The predicted molar refractivity (Wildman–Crippen MR) is 84.1 cm³/mol. The third-order valence-electron chi connectivity index (χ3n) is 4.52. The van der Waals surface area contributed by atoms with Gasteiger partial charge in [0.25, 0.3) is 0 Å². The number of halogens is 2. The summed E-state index contributed by atoms with van der Waals surface area (Å²) in [5, 5.41) is 2.69.